The van der Waals surface area contributed by atoms with Crippen LogP contribution in [0.15, 0.2) is 16.8 Å². The van der Waals surface area contributed by atoms with Crippen LogP contribution in [0.25, 0.3) is 0 Å². The number of carbonyl (C=O) groups is 1. The van der Waals surface area contributed by atoms with Crippen LogP contribution in [-0.4, -0.2) is 23.2 Å². The smallest absolute Gasteiger partial charge is 0.383 e. The van der Waals surface area contributed by atoms with E-state index < -0.39 is 24.5 Å². The van der Waals surface area contributed by atoms with Gasteiger partial charge in [0.1, 0.15) is 0 Å². The Labute approximate surface area is 82.0 Å². The summed E-state index contributed by atoms with van der Waals surface area (Å²) in [4.78, 5) is 11.1. The highest BCUT2D eigenvalue weighted by molar-refractivity contribution is 7.08. The van der Waals surface area contributed by atoms with E-state index >= 15 is 0 Å². The van der Waals surface area contributed by atoms with Crippen molar-refractivity contribution in [3.63, 3.8) is 0 Å². The minimum atomic E-state index is -4.73. The van der Waals surface area contributed by atoms with Crippen molar-refractivity contribution in [1.29, 1.82) is 0 Å². The first-order valence-corrected chi connectivity index (χ1v) is 4.65. The minimum Gasteiger partial charge on any atom is -0.383 e. The van der Waals surface area contributed by atoms with Crippen LogP contribution >= 0.6 is 11.3 Å². The monoisotopic (exact) mass is 224 g/mol. The van der Waals surface area contributed by atoms with Crippen LogP contribution in [0.4, 0.5) is 13.2 Å². The molecule has 0 amide bonds. The molecule has 0 saturated heterocycles. The molecule has 1 atom stereocenters. The van der Waals surface area contributed by atoms with Gasteiger partial charge in [0.05, 0.1) is 0 Å². The van der Waals surface area contributed by atoms with Crippen LogP contribution in [-0.2, 0) is 0 Å². The molecule has 0 saturated carbocycles. The number of aliphatic hydroxyl groups is 1. The maximum Gasteiger partial charge on any atom is 0.414 e. The van der Waals surface area contributed by atoms with Crippen LogP contribution in [0.1, 0.15) is 16.8 Å². The second-order valence-corrected chi connectivity index (χ2v) is 3.48. The molecule has 78 valence electrons. The normalized spacial score (nSPS) is 14.0. The topological polar surface area (TPSA) is 37.3 Å². The molecule has 1 aromatic rings. The average molecular weight is 224 g/mol. The van der Waals surface area contributed by atoms with E-state index in [-0.39, 0.29) is 5.56 Å². The quantitative estimate of drug-likeness (QED) is 0.799. The lowest BCUT2D eigenvalue weighted by molar-refractivity contribution is -0.202. The highest BCUT2D eigenvalue weighted by Gasteiger charge is 2.39. The molecule has 1 aromatic heterocycles. The Kier molecular flexibility index (Phi) is 3.28. The zero-order valence-electron chi connectivity index (χ0n) is 6.91. The van der Waals surface area contributed by atoms with Gasteiger partial charge in [0.15, 0.2) is 11.9 Å². The van der Waals surface area contributed by atoms with Gasteiger partial charge in [-0.15, -0.1) is 0 Å². The van der Waals surface area contributed by atoms with Crippen molar-refractivity contribution in [2.75, 3.05) is 0 Å². The first-order chi connectivity index (χ1) is 6.41. The zero-order chi connectivity index (χ0) is 10.8. The van der Waals surface area contributed by atoms with Crippen LogP contribution < -0.4 is 0 Å². The summed E-state index contributed by atoms with van der Waals surface area (Å²) < 4.78 is 35.6. The molecule has 1 heterocycles. The maximum absolute atomic E-state index is 11.9. The molecule has 0 spiro atoms. The Bertz CT molecular complexity index is 305. The van der Waals surface area contributed by atoms with Gasteiger partial charge in [-0.3, -0.25) is 4.79 Å². The molecule has 0 aliphatic carbocycles. The lowest BCUT2D eigenvalue weighted by Crippen LogP contribution is -2.30. The van der Waals surface area contributed by atoms with Crippen molar-refractivity contribution >= 4 is 17.1 Å². The maximum atomic E-state index is 11.9. The SMILES string of the molecule is O=C(C[C@H](O)C(F)(F)F)c1ccsc1. The number of ketones is 1. The van der Waals surface area contributed by atoms with Gasteiger partial charge >= 0.3 is 6.18 Å². The molecule has 0 fully saturated rings. The lowest BCUT2D eigenvalue weighted by atomic mass is 10.1. The van der Waals surface area contributed by atoms with Gasteiger partial charge < -0.3 is 5.11 Å². The van der Waals surface area contributed by atoms with Crippen LogP contribution in [0, 0.1) is 0 Å². The van der Waals surface area contributed by atoms with E-state index in [4.69, 9.17) is 5.11 Å². The molecule has 0 bridgehead atoms. The molecular formula is C8H7F3O2S. The van der Waals surface area contributed by atoms with E-state index in [0.29, 0.717) is 0 Å². The van der Waals surface area contributed by atoms with E-state index in [1.807, 2.05) is 0 Å². The summed E-state index contributed by atoms with van der Waals surface area (Å²) in [7, 11) is 0. The third kappa shape index (κ3) is 2.81. The molecule has 0 aliphatic rings. The molecule has 14 heavy (non-hydrogen) atoms. The van der Waals surface area contributed by atoms with E-state index in [2.05, 4.69) is 0 Å². The number of thiophene rings is 1. The summed E-state index contributed by atoms with van der Waals surface area (Å²) in [6, 6.07) is 1.43. The third-order valence-corrected chi connectivity index (χ3v) is 2.28. The van der Waals surface area contributed by atoms with Gasteiger partial charge in [-0.2, -0.15) is 24.5 Å². The first-order valence-electron chi connectivity index (χ1n) is 3.71. The zero-order valence-corrected chi connectivity index (χ0v) is 7.73. The van der Waals surface area contributed by atoms with Crippen molar-refractivity contribution in [3.8, 4) is 0 Å². The average Bonchev–Trinajstić information content (AvgIpc) is 2.53. The van der Waals surface area contributed by atoms with Gasteiger partial charge in [0.25, 0.3) is 0 Å². The van der Waals surface area contributed by atoms with E-state index in [9.17, 15) is 18.0 Å². The van der Waals surface area contributed by atoms with Crippen molar-refractivity contribution in [2.45, 2.75) is 18.7 Å². The molecule has 6 heteroatoms. The first kappa shape index (κ1) is 11.2. The fourth-order valence-corrected chi connectivity index (χ4v) is 1.49. The number of rotatable bonds is 3. The highest BCUT2D eigenvalue weighted by atomic mass is 32.1. The van der Waals surface area contributed by atoms with Crippen molar-refractivity contribution in [2.24, 2.45) is 0 Å². The van der Waals surface area contributed by atoms with Crippen molar-refractivity contribution < 1.29 is 23.1 Å². The number of aliphatic hydroxyl groups excluding tert-OH is 1. The molecule has 0 radical (unpaired) electrons. The second-order valence-electron chi connectivity index (χ2n) is 2.70. The van der Waals surface area contributed by atoms with E-state index in [1.165, 1.54) is 22.8 Å². The molecule has 0 unspecified atom stereocenters. The Morgan fingerprint density at radius 2 is 2.21 bits per heavy atom. The van der Waals surface area contributed by atoms with Gasteiger partial charge in [0, 0.05) is 17.4 Å². The molecule has 2 nitrogen and oxygen atoms in total. The summed E-state index contributed by atoms with van der Waals surface area (Å²) in [5.74, 6) is -0.698. The molecule has 1 N–H and O–H groups in total. The Hall–Kier alpha value is -0.880. The number of carbonyl (C=O) groups excluding carboxylic acids is 1. The van der Waals surface area contributed by atoms with Crippen LogP contribution in [0.5, 0.6) is 0 Å². The number of halogens is 3. The lowest BCUT2D eigenvalue weighted by Gasteiger charge is -2.12. The summed E-state index contributed by atoms with van der Waals surface area (Å²) >= 11 is 1.22. The summed E-state index contributed by atoms with van der Waals surface area (Å²) in [5, 5.41) is 11.7. The summed E-state index contributed by atoms with van der Waals surface area (Å²) in [6.45, 7) is 0. The standard InChI is InChI=1S/C8H7F3O2S/c9-8(10,11)7(13)3-6(12)5-1-2-14-4-5/h1-2,4,7,13H,3H2/t7-/m0/s1. The fraction of sp³-hybridized carbons (Fsp3) is 0.375. The number of hydrogen-bond acceptors (Lipinski definition) is 3. The largest absolute Gasteiger partial charge is 0.414 e. The minimum absolute atomic E-state index is 0.207. The van der Waals surface area contributed by atoms with E-state index in [1.54, 1.807) is 5.38 Å². The third-order valence-electron chi connectivity index (χ3n) is 1.60. The predicted octanol–water partition coefficient (Wildman–Crippen LogP) is 2.24. The number of Topliss-reactive ketones (excluding diaryl/α,β-unsaturated/α-hetero) is 1. The highest BCUT2D eigenvalue weighted by Crippen LogP contribution is 2.23. The molecular weight excluding hydrogens is 217 g/mol. The Morgan fingerprint density at radius 1 is 1.57 bits per heavy atom. The molecule has 0 aromatic carbocycles. The van der Waals surface area contributed by atoms with Gasteiger partial charge in [-0.25, -0.2) is 0 Å². The fourth-order valence-electron chi connectivity index (χ4n) is 0.832. The van der Waals surface area contributed by atoms with Gasteiger partial charge in [-0.1, -0.05) is 0 Å². The summed E-state index contributed by atoms with van der Waals surface area (Å²) in [5.41, 5.74) is 0.207. The van der Waals surface area contributed by atoms with E-state index in [0.717, 1.165) is 0 Å². The number of alkyl halides is 3. The predicted molar refractivity (Wildman–Crippen MR) is 45.3 cm³/mol. The van der Waals surface area contributed by atoms with Gasteiger partial charge in [0.2, 0.25) is 0 Å². The van der Waals surface area contributed by atoms with Gasteiger partial charge in [-0.05, 0) is 11.4 Å². The van der Waals surface area contributed by atoms with Crippen molar-refractivity contribution in [1.82, 2.24) is 0 Å². The Morgan fingerprint density at radius 3 is 2.64 bits per heavy atom. The Balaban J connectivity index is 2.58. The van der Waals surface area contributed by atoms with Crippen molar-refractivity contribution in [3.05, 3.63) is 22.4 Å². The molecule has 0 aliphatic heterocycles. The second kappa shape index (κ2) is 4.10. The van der Waals surface area contributed by atoms with Crippen LogP contribution in [0.2, 0.25) is 0 Å². The van der Waals surface area contributed by atoms with Crippen LogP contribution in [0.3, 0.4) is 0 Å². The molecule has 1 rings (SSSR count). The summed E-state index contributed by atoms with van der Waals surface area (Å²) in [6.07, 6.45) is -8.22. The number of hydrogen-bond donors (Lipinski definition) is 1.